The van der Waals surface area contributed by atoms with Gasteiger partial charge in [-0.15, -0.1) is 0 Å². The highest BCUT2D eigenvalue weighted by Gasteiger charge is 2.08. The molecule has 1 heterocycles. The normalized spacial score (nSPS) is 10.1. The van der Waals surface area contributed by atoms with Crippen LogP contribution >= 0.6 is 11.6 Å². The quantitative estimate of drug-likeness (QED) is 0.792. The van der Waals surface area contributed by atoms with Crippen LogP contribution in [-0.2, 0) is 6.54 Å². The van der Waals surface area contributed by atoms with Gasteiger partial charge >= 0.3 is 0 Å². The molecule has 0 fully saturated rings. The van der Waals surface area contributed by atoms with Crippen molar-refractivity contribution < 1.29 is 4.79 Å². The lowest BCUT2D eigenvalue weighted by atomic mass is 10.1. The molecule has 3 nitrogen and oxygen atoms in total. The molecule has 4 heteroatoms. The molecule has 0 spiro atoms. The number of nitrogens with zero attached hydrogens (tertiary/aromatic N) is 2. The molecule has 2 rings (SSSR count). The van der Waals surface area contributed by atoms with Crippen molar-refractivity contribution in [1.82, 2.24) is 4.98 Å². The molecule has 0 bridgehead atoms. The van der Waals surface area contributed by atoms with Crippen LogP contribution in [0.5, 0.6) is 0 Å². The minimum absolute atomic E-state index is 0.565. The van der Waals surface area contributed by atoms with Crippen molar-refractivity contribution in [3.8, 4) is 0 Å². The Labute approximate surface area is 111 Å². The molecule has 0 saturated heterocycles. The SMILES string of the molecule is CN(Cc1cccnc1)c1ccc(Cl)cc1C=O. The Bertz CT molecular complexity index is 543. The molecule has 0 atom stereocenters. The monoisotopic (exact) mass is 260 g/mol. The second-order valence-electron chi connectivity index (χ2n) is 4.04. The van der Waals surface area contributed by atoms with Gasteiger partial charge in [-0.1, -0.05) is 17.7 Å². The van der Waals surface area contributed by atoms with E-state index in [1.807, 2.05) is 36.3 Å². The van der Waals surface area contributed by atoms with Crippen LogP contribution in [0, 0.1) is 0 Å². The van der Waals surface area contributed by atoms with Crippen molar-refractivity contribution in [2.24, 2.45) is 0 Å². The Morgan fingerprint density at radius 1 is 1.39 bits per heavy atom. The number of carbonyl (C=O) groups is 1. The van der Waals surface area contributed by atoms with E-state index in [9.17, 15) is 4.79 Å². The van der Waals surface area contributed by atoms with Crippen LogP contribution in [0.1, 0.15) is 15.9 Å². The summed E-state index contributed by atoms with van der Waals surface area (Å²) < 4.78 is 0. The van der Waals surface area contributed by atoms with Gasteiger partial charge in [-0.05, 0) is 29.8 Å². The van der Waals surface area contributed by atoms with Crippen molar-refractivity contribution in [2.75, 3.05) is 11.9 Å². The van der Waals surface area contributed by atoms with E-state index < -0.39 is 0 Å². The zero-order valence-corrected chi connectivity index (χ0v) is 10.8. The maximum absolute atomic E-state index is 11.0. The van der Waals surface area contributed by atoms with Gasteiger partial charge in [-0.25, -0.2) is 0 Å². The van der Waals surface area contributed by atoms with Gasteiger partial charge in [0.15, 0.2) is 6.29 Å². The van der Waals surface area contributed by atoms with Gasteiger partial charge in [-0.3, -0.25) is 9.78 Å². The molecule has 92 valence electrons. The third-order valence-electron chi connectivity index (χ3n) is 2.67. The molecule has 1 aromatic carbocycles. The molecule has 1 aromatic heterocycles. The fourth-order valence-electron chi connectivity index (χ4n) is 1.82. The van der Waals surface area contributed by atoms with Crippen molar-refractivity contribution in [3.63, 3.8) is 0 Å². The third-order valence-corrected chi connectivity index (χ3v) is 2.91. The molecule has 0 aliphatic carbocycles. The van der Waals surface area contributed by atoms with Gasteiger partial charge in [0.25, 0.3) is 0 Å². The van der Waals surface area contributed by atoms with Gasteiger partial charge in [0.1, 0.15) is 0 Å². The summed E-state index contributed by atoms with van der Waals surface area (Å²) in [6, 6.07) is 9.20. The van der Waals surface area contributed by atoms with Crippen LogP contribution in [-0.4, -0.2) is 18.3 Å². The molecule has 18 heavy (non-hydrogen) atoms. The Balaban J connectivity index is 2.23. The molecule has 0 radical (unpaired) electrons. The Morgan fingerprint density at radius 3 is 2.89 bits per heavy atom. The molecule has 0 N–H and O–H groups in total. The highest BCUT2D eigenvalue weighted by molar-refractivity contribution is 6.31. The molecule has 2 aromatic rings. The van der Waals surface area contributed by atoms with Gasteiger partial charge in [-0.2, -0.15) is 0 Å². The topological polar surface area (TPSA) is 33.2 Å². The van der Waals surface area contributed by atoms with Crippen molar-refractivity contribution in [2.45, 2.75) is 6.54 Å². The second kappa shape index (κ2) is 5.65. The maximum Gasteiger partial charge on any atom is 0.152 e. The number of carbonyl (C=O) groups excluding carboxylic acids is 1. The third kappa shape index (κ3) is 2.87. The number of anilines is 1. The molecule has 0 amide bonds. The van der Waals surface area contributed by atoms with Gasteiger partial charge in [0.05, 0.1) is 0 Å². The zero-order chi connectivity index (χ0) is 13.0. The highest BCUT2D eigenvalue weighted by Crippen LogP contribution is 2.23. The van der Waals surface area contributed by atoms with E-state index in [-0.39, 0.29) is 0 Å². The van der Waals surface area contributed by atoms with Crippen molar-refractivity contribution in [3.05, 3.63) is 58.9 Å². The average Bonchev–Trinajstić information content (AvgIpc) is 2.39. The number of aromatic nitrogens is 1. The van der Waals surface area contributed by atoms with Gasteiger partial charge < -0.3 is 4.90 Å². The van der Waals surface area contributed by atoms with E-state index in [0.717, 1.165) is 17.5 Å². The largest absolute Gasteiger partial charge is 0.370 e. The van der Waals surface area contributed by atoms with E-state index in [1.165, 1.54) is 0 Å². The summed E-state index contributed by atoms with van der Waals surface area (Å²) in [6.45, 7) is 0.691. The van der Waals surface area contributed by atoms with E-state index >= 15 is 0 Å². The second-order valence-corrected chi connectivity index (χ2v) is 4.47. The first-order valence-electron chi connectivity index (χ1n) is 5.55. The van der Waals surface area contributed by atoms with Crippen LogP contribution < -0.4 is 4.90 Å². The minimum Gasteiger partial charge on any atom is -0.370 e. The number of aldehydes is 1. The average molecular weight is 261 g/mol. The lowest BCUT2D eigenvalue weighted by molar-refractivity contribution is 0.112. The molecule has 0 aliphatic heterocycles. The molecular formula is C14H13ClN2O. The predicted octanol–water partition coefficient (Wildman–Crippen LogP) is 3.18. The van der Waals surface area contributed by atoms with Crippen LogP contribution in [0.4, 0.5) is 5.69 Å². The molecule has 0 unspecified atom stereocenters. The molecule has 0 saturated carbocycles. The Morgan fingerprint density at radius 2 is 2.22 bits per heavy atom. The Hall–Kier alpha value is -1.87. The molecule has 0 aliphatic rings. The summed E-state index contributed by atoms with van der Waals surface area (Å²) in [5.41, 5.74) is 2.54. The number of hydrogen-bond donors (Lipinski definition) is 0. The standard InChI is InChI=1S/C14H13ClN2O/c1-17(9-11-3-2-6-16-8-11)14-5-4-13(15)7-12(14)10-18/h2-8,10H,9H2,1H3. The fraction of sp³-hybridized carbons (Fsp3) is 0.143. The van der Waals surface area contributed by atoms with Crippen molar-refractivity contribution in [1.29, 1.82) is 0 Å². The summed E-state index contributed by atoms with van der Waals surface area (Å²) in [4.78, 5) is 17.1. The number of pyridine rings is 1. The zero-order valence-electron chi connectivity index (χ0n) is 10.0. The summed E-state index contributed by atoms with van der Waals surface area (Å²) >= 11 is 5.87. The van der Waals surface area contributed by atoms with E-state index in [2.05, 4.69) is 4.98 Å². The van der Waals surface area contributed by atoms with E-state index in [4.69, 9.17) is 11.6 Å². The van der Waals surface area contributed by atoms with Gasteiger partial charge in [0.2, 0.25) is 0 Å². The lowest BCUT2D eigenvalue weighted by Gasteiger charge is -2.21. The first-order chi connectivity index (χ1) is 8.70. The van der Waals surface area contributed by atoms with Crippen LogP contribution in [0.15, 0.2) is 42.7 Å². The first kappa shape index (κ1) is 12.6. The lowest BCUT2D eigenvalue weighted by Crippen LogP contribution is -2.18. The summed E-state index contributed by atoms with van der Waals surface area (Å²) in [6.07, 6.45) is 4.37. The van der Waals surface area contributed by atoms with Crippen molar-refractivity contribution >= 4 is 23.6 Å². The summed E-state index contributed by atoms with van der Waals surface area (Å²) in [7, 11) is 1.93. The summed E-state index contributed by atoms with van der Waals surface area (Å²) in [5, 5.41) is 0.565. The van der Waals surface area contributed by atoms with E-state index in [0.29, 0.717) is 17.1 Å². The van der Waals surface area contributed by atoms with Crippen LogP contribution in [0.2, 0.25) is 5.02 Å². The number of benzene rings is 1. The summed E-state index contributed by atoms with van der Waals surface area (Å²) in [5.74, 6) is 0. The predicted molar refractivity (Wildman–Crippen MR) is 73.2 cm³/mol. The highest BCUT2D eigenvalue weighted by atomic mass is 35.5. The van der Waals surface area contributed by atoms with Crippen LogP contribution in [0.3, 0.4) is 0 Å². The number of halogens is 1. The Kier molecular flexibility index (Phi) is 3.95. The fourth-order valence-corrected chi connectivity index (χ4v) is 2.00. The smallest absolute Gasteiger partial charge is 0.152 e. The minimum atomic E-state index is 0.565. The van der Waals surface area contributed by atoms with Gasteiger partial charge in [0, 0.05) is 42.3 Å². The van der Waals surface area contributed by atoms with E-state index in [1.54, 1.807) is 18.3 Å². The van der Waals surface area contributed by atoms with Crippen LogP contribution in [0.25, 0.3) is 0 Å². The number of rotatable bonds is 4. The number of hydrogen-bond acceptors (Lipinski definition) is 3. The first-order valence-corrected chi connectivity index (χ1v) is 5.93. The molecular weight excluding hydrogens is 248 g/mol. The maximum atomic E-state index is 11.0.